The molecule has 0 aromatic rings. The molecule has 0 bridgehead atoms. The molecule has 0 aliphatic carbocycles. The highest BCUT2D eigenvalue weighted by Gasteiger charge is 2.47. The Morgan fingerprint density at radius 2 is 2.10 bits per heavy atom. The van der Waals surface area contributed by atoms with Crippen LogP contribution in [0.25, 0.3) is 0 Å². The summed E-state index contributed by atoms with van der Waals surface area (Å²) < 4.78 is 4.98. The largest absolute Gasteiger partial charge is 0.477 e. The second kappa shape index (κ2) is 5.76. The zero-order valence-electron chi connectivity index (χ0n) is 11.4. The maximum Gasteiger partial charge on any atom is 0.352 e. The second-order valence-corrected chi connectivity index (χ2v) is 5.77. The summed E-state index contributed by atoms with van der Waals surface area (Å²) in [7, 11) is 0. The van der Waals surface area contributed by atoms with Gasteiger partial charge in [0.25, 0.3) is 0 Å². The number of ether oxygens (including phenoxy) is 1. The number of carbonyl (C=O) groups is 4. The number of rotatable bonds is 4. The first-order valence-electron chi connectivity index (χ1n) is 6.15. The molecule has 1 saturated heterocycles. The number of esters is 1. The van der Waals surface area contributed by atoms with Gasteiger partial charge in [0.05, 0.1) is 11.8 Å². The number of β-lactam (4-membered cyclic amide) rings is 1. The molecule has 2 aliphatic heterocycles. The van der Waals surface area contributed by atoms with Crippen molar-refractivity contribution in [3.05, 3.63) is 11.3 Å². The Hall–Kier alpha value is -2.03. The Morgan fingerprint density at radius 3 is 2.57 bits per heavy atom. The molecule has 2 N–H and O–H groups in total. The van der Waals surface area contributed by atoms with Gasteiger partial charge in [0, 0.05) is 25.2 Å². The second-order valence-electron chi connectivity index (χ2n) is 4.60. The van der Waals surface area contributed by atoms with Gasteiger partial charge in [-0.15, -0.1) is 11.8 Å². The normalized spacial score (nSPS) is 22.1. The van der Waals surface area contributed by atoms with Crippen molar-refractivity contribution in [2.45, 2.75) is 31.9 Å². The predicted octanol–water partition coefficient (Wildman–Crippen LogP) is -0.344. The number of carboxylic acid groups (broad SMARTS) is 1. The molecule has 0 spiro atoms. The third-order valence-electron chi connectivity index (χ3n) is 3.02. The first-order valence-corrected chi connectivity index (χ1v) is 7.20. The van der Waals surface area contributed by atoms with Crippen molar-refractivity contribution in [2.24, 2.45) is 0 Å². The molecule has 0 aromatic heterocycles. The molecule has 9 heteroatoms. The number of thioether (sulfide) groups is 1. The maximum atomic E-state index is 11.6. The topological polar surface area (TPSA) is 113 Å². The number of amides is 2. The van der Waals surface area contributed by atoms with Crippen molar-refractivity contribution < 1.29 is 29.0 Å². The SMILES string of the molecule is CC(=O)NC(OC(C)=O)C1=C(C(=O)O)N2C(=O)C[C@H]2SC1. The van der Waals surface area contributed by atoms with Crippen LogP contribution >= 0.6 is 11.8 Å². The Bertz CT molecular complexity index is 542. The maximum absolute atomic E-state index is 11.6. The number of hydrogen-bond acceptors (Lipinski definition) is 6. The zero-order chi connectivity index (χ0) is 15.7. The Morgan fingerprint density at radius 1 is 1.43 bits per heavy atom. The van der Waals surface area contributed by atoms with E-state index < -0.39 is 24.1 Å². The highest BCUT2D eigenvalue weighted by atomic mass is 32.2. The highest BCUT2D eigenvalue weighted by Crippen LogP contribution is 2.40. The van der Waals surface area contributed by atoms with Gasteiger partial charge in [-0.2, -0.15) is 0 Å². The molecule has 1 unspecified atom stereocenters. The molecule has 1 fully saturated rings. The van der Waals surface area contributed by atoms with Crippen molar-refractivity contribution >= 4 is 35.5 Å². The van der Waals surface area contributed by atoms with Crippen molar-refractivity contribution in [3.8, 4) is 0 Å². The summed E-state index contributed by atoms with van der Waals surface area (Å²) in [5.74, 6) is -2.46. The number of aliphatic carboxylic acids is 1. The van der Waals surface area contributed by atoms with Gasteiger partial charge >= 0.3 is 11.9 Å². The van der Waals surface area contributed by atoms with Crippen LogP contribution in [-0.2, 0) is 23.9 Å². The number of nitrogens with zero attached hydrogens (tertiary/aromatic N) is 1. The predicted molar refractivity (Wildman–Crippen MR) is 71.7 cm³/mol. The van der Waals surface area contributed by atoms with Crippen molar-refractivity contribution in [3.63, 3.8) is 0 Å². The lowest BCUT2D eigenvalue weighted by Gasteiger charge is -2.44. The molecular weight excluding hydrogens is 300 g/mol. The highest BCUT2D eigenvalue weighted by molar-refractivity contribution is 8.00. The lowest BCUT2D eigenvalue weighted by Crippen LogP contribution is -2.55. The van der Waals surface area contributed by atoms with Crippen molar-refractivity contribution in [2.75, 3.05) is 5.75 Å². The van der Waals surface area contributed by atoms with E-state index in [1.54, 1.807) is 0 Å². The van der Waals surface area contributed by atoms with E-state index in [4.69, 9.17) is 4.74 Å². The summed E-state index contributed by atoms with van der Waals surface area (Å²) in [5, 5.41) is 11.5. The molecule has 0 radical (unpaired) electrons. The van der Waals surface area contributed by atoms with E-state index in [9.17, 15) is 24.3 Å². The minimum atomic E-state index is -1.29. The van der Waals surface area contributed by atoms with E-state index in [2.05, 4.69) is 5.32 Å². The number of fused-ring (bicyclic) bond motifs is 1. The molecular formula is C12H14N2O6S. The summed E-state index contributed by atoms with van der Waals surface area (Å²) in [6.07, 6.45) is -0.902. The molecule has 2 atom stereocenters. The van der Waals surface area contributed by atoms with Crippen LogP contribution in [0.2, 0.25) is 0 Å². The van der Waals surface area contributed by atoms with Crippen LogP contribution in [0.1, 0.15) is 20.3 Å². The summed E-state index contributed by atoms with van der Waals surface area (Å²) >= 11 is 1.37. The van der Waals surface area contributed by atoms with Crippen LogP contribution < -0.4 is 5.32 Å². The van der Waals surface area contributed by atoms with Gasteiger partial charge in [-0.25, -0.2) is 4.79 Å². The summed E-state index contributed by atoms with van der Waals surface area (Å²) in [6, 6.07) is 0. The van der Waals surface area contributed by atoms with Crippen LogP contribution in [0.15, 0.2) is 11.3 Å². The van der Waals surface area contributed by atoms with E-state index in [0.29, 0.717) is 0 Å². The zero-order valence-corrected chi connectivity index (χ0v) is 12.2. The Kier molecular flexibility index (Phi) is 4.21. The molecule has 0 saturated carbocycles. The first-order chi connectivity index (χ1) is 9.81. The molecule has 0 aromatic carbocycles. The molecule has 21 heavy (non-hydrogen) atoms. The fourth-order valence-electron chi connectivity index (χ4n) is 2.18. The van der Waals surface area contributed by atoms with E-state index in [1.165, 1.54) is 23.6 Å². The van der Waals surface area contributed by atoms with Gasteiger partial charge in [0.2, 0.25) is 18.0 Å². The Labute approximate surface area is 124 Å². The van der Waals surface area contributed by atoms with Crippen LogP contribution in [0, 0.1) is 0 Å². The molecule has 2 rings (SSSR count). The number of carbonyl (C=O) groups excluding carboxylic acids is 3. The standard InChI is InChI=1S/C12H14N2O6S/c1-5(15)13-11(20-6(2)16)7-4-21-9-3-8(17)14(9)10(7)12(18)19/h9,11H,3-4H2,1-2H3,(H,13,15)(H,18,19)/t9-,11?/m1/s1. The van der Waals surface area contributed by atoms with Crippen molar-refractivity contribution in [1.29, 1.82) is 0 Å². The van der Waals surface area contributed by atoms with Crippen LogP contribution in [0.4, 0.5) is 0 Å². The van der Waals surface area contributed by atoms with Gasteiger partial charge in [-0.3, -0.25) is 19.3 Å². The number of hydrogen-bond donors (Lipinski definition) is 2. The van der Waals surface area contributed by atoms with Crippen LogP contribution in [0.3, 0.4) is 0 Å². The van der Waals surface area contributed by atoms with E-state index in [-0.39, 0.29) is 34.7 Å². The fraction of sp³-hybridized carbons (Fsp3) is 0.500. The van der Waals surface area contributed by atoms with Gasteiger partial charge < -0.3 is 15.2 Å². The van der Waals surface area contributed by atoms with Gasteiger partial charge in [-0.05, 0) is 0 Å². The molecule has 114 valence electrons. The number of nitrogens with one attached hydrogen (secondary N) is 1. The van der Waals surface area contributed by atoms with E-state index in [1.807, 2.05) is 0 Å². The average molecular weight is 314 g/mol. The summed E-state index contributed by atoms with van der Waals surface area (Å²) in [5.41, 5.74) is -0.0165. The minimum Gasteiger partial charge on any atom is -0.477 e. The summed E-state index contributed by atoms with van der Waals surface area (Å²) in [6.45, 7) is 2.38. The minimum absolute atomic E-state index is 0.196. The average Bonchev–Trinajstić information content (AvgIpc) is 2.34. The van der Waals surface area contributed by atoms with Gasteiger partial charge in [0.1, 0.15) is 5.70 Å². The number of carboxylic acids is 1. The smallest absolute Gasteiger partial charge is 0.352 e. The van der Waals surface area contributed by atoms with E-state index >= 15 is 0 Å². The molecule has 2 aliphatic rings. The third-order valence-corrected chi connectivity index (χ3v) is 4.26. The van der Waals surface area contributed by atoms with Gasteiger partial charge in [-0.1, -0.05) is 0 Å². The molecule has 2 amide bonds. The van der Waals surface area contributed by atoms with Crippen LogP contribution in [-0.4, -0.2) is 51.1 Å². The molecule has 2 heterocycles. The van der Waals surface area contributed by atoms with Gasteiger partial charge in [0.15, 0.2) is 0 Å². The third kappa shape index (κ3) is 3.02. The Balaban J connectivity index is 2.40. The van der Waals surface area contributed by atoms with Crippen molar-refractivity contribution in [1.82, 2.24) is 10.2 Å². The first kappa shape index (κ1) is 15.4. The molecule has 8 nitrogen and oxygen atoms in total. The monoisotopic (exact) mass is 314 g/mol. The van der Waals surface area contributed by atoms with Crippen LogP contribution in [0.5, 0.6) is 0 Å². The lowest BCUT2D eigenvalue weighted by molar-refractivity contribution is -0.149. The van der Waals surface area contributed by atoms with E-state index in [0.717, 1.165) is 6.92 Å². The quantitative estimate of drug-likeness (QED) is 0.414. The lowest BCUT2D eigenvalue weighted by atomic mass is 10.1. The summed E-state index contributed by atoms with van der Waals surface area (Å²) in [4.78, 5) is 46.6. The fourth-order valence-corrected chi connectivity index (χ4v) is 3.47.